The van der Waals surface area contributed by atoms with Crippen molar-refractivity contribution in [3.63, 3.8) is 0 Å². The molecule has 2 N–H and O–H groups in total. The number of hydrogen-bond acceptors (Lipinski definition) is 7. The molecule has 0 unspecified atom stereocenters. The quantitative estimate of drug-likeness (QED) is 0.276. The Balaban J connectivity index is 1.37. The Bertz CT molecular complexity index is 1410. The van der Waals surface area contributed by atoms with Gasteiger partial charge in [0.05, 0.1) is 5.69 Å². The van der Waals surface area contributed by atoms with Crippen LogP contribution in [-0.2, 0) is 4.79 Å². The van der Waals surface area contributed by atoms with Crippen LogP contribution in [0.4, 0.5) is 33.0 Å². The number of aromatic nitrogens is 1. The minimum atomic E-state index is -0.326. The number of hydrogen-bond donors (Lipinski definition) is 2. The normalized spacial score (nSPS) is 15.9. The lowest BCUT2D eigenvalue weighted by molar-refractivity contribution is -0.111. The fourth-order valence-electron chi connectivity index (χ4n) is 5.63. The topological polar surface area (TPSA) is 73.0 Å². The van der Waals surface area contributed by atoms with Crippen molar-refractivity contribution in [3.05, 3.63) is 72.6 Å². The smallest absolute Gasteiger partial charge is 0.247 e. The lowest BCUT2D eigenvalue weighted by Crippen LogP contribution is -2.42. The van der Waals surface area contributed by atoms with Crippen LogP contribution in [0.15, 0.2) is 61.2 Å². The van der Waals surface area contributed by atoms with Gasteiger partial charge in [-0.3, -0.25) is 4.79 Å². The first-order valence-electron chi connectivity index (χ1n) is 14.8. The van der Waals surface area contributed by atoms with Gasteiger partial charge in [-0.1, -0.05) is 12.6 Å². The molecule has 2 fully saturated rings. The molecule has 9 heteroatoms. The van der Waals surface area contributed by atoms with Crippen LogP contribution in [0.2, 0.25) is 0 Å². The lowest BCUT2D eigenvalue weighted by atomic mass is 10.0. The summed E-state index contributed by atoms with van der Waals surface area (Å²) in [5.41, 5.74) is 3.68. The molecular formula is C33H41FN6O2. The fourth-order valence-corrected chi connectivity index (χ4v) is 5.63. The van der Waals surface area contributed by atoms with Crippen LogP contribution in [0.3, 0.4) is 0 Å². The van der Waals surface area contributed by atoms with Crippen LogP contribution in [0, 0.1) is 12.7 Å². The summed E-state index contributed by atoms with van der Waals surface area (Å²) in [6, 6.07) is 15.3. The van der Waals surface area contributed by atoms with Crippen molar-refractivity contribution >= 4 is 34.5 Å². The van der Waals surface area contributed by atoms with Gasteiger partial charge >= 0.3 is 0 Å². The summed E-state index contributed by atoms with van der Waals surface area (Å²) in [7, 11) is 4.23. The average molecular weight is 573 g/mol. The van der Waals surface area contributed by atoms with Crippen LogP contribution in [0.25, 0.3) is 0 Å². The minimum absolute atomic E-state index is 0.292. The first-order valence-corrected chi connectivity index (χ1v) is 14.8. The first kappa shape index (κ1) is 29.4. The lowest BCUT2D eigenvalue weighted by Gasteiger charge is -2.36. The zero-order valence-corrected chi connectivity index (χ0v) is 24.8. The molecule has 3 heterocycles. The zero-order chi connectivity index (χ0) is 29.6. The molecule has 0 bridgehead atoms. The summed E-state index contributed by atoms with van der Waals surface area (Å²) < 4.78 is 21.7. The molecule has 3 aromatic rings. The first-order chi connectivity index (χ1) is 20.3. The number of nitrogens with one attached hydrogen (secondary N) is 2. The molecule has 2 aliphatic rings. The van der Waals surface area contributed by atoms with Gasteiger partial charge in [0.15, 0.2) is 0 Å². The third kappa shape index (κ3) is 7.02. The van der Waals surface area contributed by atoms with E-state index in [1.807, 2.05) is 37.3 Å². The Morgan fingerprint density at radius 2 is 1.76 bits per heavy atom. The molecule has 1 amide bonds. The van der Waals surface area contributed by atoms with Gasteiger partial charge in [0.2, 0.25) is 11.8 Å². The number of nitrogens with zero attached hydrogens (tertiary/aromatic N) is 4. The number of amides is 1. The predicted octanol–water partition coefficient (Wildman–Crippen LogP) is 6.71. The summed E-state index contributed by atoms with van der Waals surface area (Å²) in [5.74, 6) is 0.827. The largest absolute Gasteiger partial charge is 0.437 e. The van der Waals surface area contributed by atoms with Gasteiger partial charge in [0, 0.05) is 49.7 Å². The van der Waals surface area contributed by atoms with E-state index in [9.17, 15) is 4.79 Å². The van der Waals surface area contributed by atoms with E-state index >= 15 is 4.39 Å². The molecule has 222 valence electrons. The number of carbonyl (C=O) groups excluding carboxylic acids is 1. The van der Waals surface area contributed by atoms with Gasteiger partial charge in [0.1, 0.15) is 23.1 Å². The standard InChI is InChI=1S/C33H41FN6O2/c1-5-32(41)36-29-22-26(11-9-23(29)2)42-33-30(40-17-7-6-8-18-40)13-14-31(37-33)35-28-12-10-25(21-27(28)34)39-19-15-24(16-20-39)38(3)4/h5,9-14,21-22,24H,1,6-8,15-20H2,2-4H3,(H,35,37)(H,36,41). The Morgan fingerprint density at radius 3 is 2.45 bits per heavy atom. The van der Waals surface area contributed by atoms with E-state index in [4.69, 9.17) is 9.72 Å². The second-order valence-corrected chi connectivity index (χ2v) is 11.3. The summed E-state index contributed by atoms with van der Waals surface area (Å²) in [5, 5.41) is 5.98. The highest BCUT2D eigenvalue weighted by Crippen LogP contribution is 2.36. The maximum Gasteiger partial charge on any atom is 0.247 e. The molecule has 2 aromatic carbocycles. The van der Waals surface area contributed by atoms with Crippen molar-refractivity contribution in [1.29, 1.82) is 0 Å². The van der Waals surface area contributed by atoms with Crippen LogP contribution >= 0.6 is 0 Å². The molecule has 0 atom stereocenters. The number of pyridine rings is 1. The minimum Gasteiger partial charge on any atom is -0.437 e. The van der Waals surface area contributed by atoms with Crippen LogP contribution in [0.1, 0.15) is 37.7 Å². The Labute approximate surface area is 248 Å². The van der Waals surface area contributed by atoms with Crippen molar-refractivity contribution in [2.75, 3.05) is 60.7 Å². The SMILES string of the molecule is C=CC(=O)Nc1cc(Oc2nc(Nc3ccc(N4CCC(N(C)C)CC4)cc3F)ccc2N2CCCCC2)ccc1C. The predicted molar refractivity (Wildman–Crippen MR) is 169 cm³/mol. The highest BCUT2D eigenvalue weighted by molar-refractivity contribution is 5.99. The number of rotatable bonds is 9. The average Bonchev–Trinajstić information content (AvgIpc) is 3.00. The molecule has 8 nitrogen and oxygen atoms in total. The molecule has 1 aromatic heterocycles. The zero-order valence-electron chi connectivity index (χ0n) is 24.8. The highest BCUT2D eigenvalue weighted by atomic mass is 19.1. The maximum atomic E-state index is 15.3. The van der Waals surface area contributed by atoms with Gasteiger partial charge in [-0.25, -0.2) is 4.39 Å². The van der Waals surface area contributed by atoms with Crippen molar-refractivity contribution < 1.29 is 13.9 Å². The molecule has 0 spiro atoms. The van der Waals surface area contributed by atoms with Gasteiger partial charge in [-0.2, -0.15) is 4.98 Å². The Hall–Kier alpha value is -4.11. The summed E-state index contributed by atoms with van der Waals surface area (Å²) in [4.78, 5) is 23.5. The summed E-state index contributed by atoms with van der Waals surface area (Å²) >= 11 is 0. The number of carbonyl (C=O) groups is 1. The van der Waals surface area contributed by atoms with E-state index in [2.05, 4.69) is 46.0 Å². The fraction of sp³-hybridized carbons (Fsp3) is 0.394. The number of ether oxygens (including phenoxy) is 1. The second-order valence-electron chi connectivity index (χ2n) is 11.3. The van der Waals surface area contributed by atoms with E-state index in [0.29, 0.717) is 34.9 Å². The second kappa shape index (κ2) is 13.2. The molecule has 5 rings (SSSR count). The van der Waals surface area contributed by atoms with E-state index in [1.54, 1.807) is 18.2 Å². The monoisotopic (exact) mass is 572 g/mol. The molecule has 0 saturated carbocycles. The van der Waals surface area contributed by atoms with E-state index < -0.39 is 0 Å². The maximum absolute atomic E-state index is 15.3. The van der Waals surface area contributed by atoms with Gasteiger partial charge in [-0.15, -0.1) is 0 Å². The van der Waals surface area contributed by atoms with Crippen molar-refractivity contribution in [3.8, 4) is 11.6 Å². The molecule has 0 aliphatic carbocycles. The molecule has 0 radical (unpaired) electrons. The van der Waals surface area contributed by atoms with Crippen LogP contribution in [0.5, 0.6) is 11.6 Å². The third-order valence-corrected chi connectivity index (χ3v) is 8.18. The van der Waals surface area contributed by atoms with Gasteiger partial charge in [-0.05, 0) is 101 Å². The number of halogens is 1. The summed E-state index contributed by atoms with van der Waals surface area (Å²) in [6.07, 6.45) is 6.77. The van der Waals surface area contributed by atoms with E-state index in [-0.39, 0.29) is 11.7 Å². The van der Waals surface area contributed by atoms with Crippen molar-refractivity contribution in [1.82, 2.24) is 9.88 Å². The van der Waals surface area contributed by atoms with Crippen LogP contribution in [-0.4, -0.2) is 62.1 Å². The van der Waals surface area contributed by atoms with Gasteiger partial charge in [0.25, 0.3) is 0 Å². The van der Waals surface area contributed by atoms with Crippen molar-refractivity contribution in [2.45, 2.75) is 45.1 Å². The van der Waals surface area contributed by atoms with Crippen LogP contribution < -0.4 is 25.2 Å². The number of piperidine rings is 2. The summed E-state index contributed by atoms with van der Waals surface area (Å²) in [6.45, 7) is 9.10. The highest BCUT2D eigenvalue weighted by Gasteiger charge is 2.22. The molecular weight excluding hydrogens is 531 g/mol. The van der Waals surface area contributed by atoms with E-state index in [1.165, 1.54) is 12.5 Å². The third-order valence-electron chi connectivity index (χ3n) is 8.18. The molecule has 2 saturated heterocycles. The number of benzene rings is 2. The number of aryl methyl sites for hydroxylation is 1. The number of anilines is 5. The molecule has 42 heavy (non-hydrogen) atoms. The van der Waals surface area contributed by atoms with Crippen molar-refractivity contribution in [2.24, 2.45) is 0 Å². The van der Waals surface area contributed by atoms with Gasteiger partial charge < -0.3 is 30.1 Å². The van der Waals surface area contributed by atoms with E-state index in [0.717, 1.165) is 68.8 Å². The Kier molecular flexibility index (Phi) is 9.27. The Morgan fingerprint density at radius 1 is 1.00 bits per heavy atom. The molecule has 2 aliphatic heterocycles.